The lowest BCUT2D eigenvalue weighted by molar-refractivity contribution is -0.282. The van der Waals surface area contributed by atoms with Gasteiger partial charge in [-0.05, 0) is 51.4 Å². The van der Waals surface area contributed by atoms with Crippen LogP contribution < -0.4 is 10.6 Å². The maximum absolute atomic E-state index is 14.2. The Hall–Kier alpha value is -3.14. The first-order chi connectivity index (χ1) is 38.9. The highest BCUT2D eigenvalue weighted by atomic mass is 32.3. The quantitative estimate of drug-likeness (QED) is 0.0501. The Balaban J connectivity index is 1.37. The number of hydrogen-bond donors (Lipinski definition) is 2. The molecule has 38 nitrogen and oxygen atoms in total. The van der Waals surface area contributed by atoms with E-state index in [2.05, 4.69) is 35.7 Å². The first-order valence-corrected chi connectivity index (χ1v) is 33.5. The van der Waals surface area contributed by atoms with E-state index in [1.165, 1.54) is 0 Å². The van der Waals surface area contributed by atoms with Crippen molar-refractivity contribution < 1.29 is 151 Å². The largest absolute Gasteiger partial charge is 0.726 e. The fourth-order valence-electron chi connectivity index (χ4n) is 10.4. The number of hydrogen-bond acceptors (Lipinski definition) is 34. The molecule has 0 aromatic rings. The van der Waals surface area contributed by atoms with Crippen LogP contribution in [0.3, 0.4) is 0 Å². The first kappa shape index (κ1) is 71.6. The Kier molecular flexibility index (Phi) is 26.3. The summed E-state index contributed by atoms with van der Waals surface area (Å²) in [6.07, 6.45) is -17.3. The van der Waals surface area contributed by atoms with Crippen LogP contribution in [0, 0.1) is 0 Å². The van der Waals surface area contributed by atoms with Crippen LogP contribution in [0.15, 0.2) is 0 Å². The summed E-state index contributed by atoms with van der Waals surface area (Å²) in [5, 5.41) is 5.74. The van der Waals surface area contributed by atoms with E-state index in [4.69, 9.17) is 28.4 Å². The molecule has 3 saturated carbocycles. The van der Waals surface area contributed by atoms with Gasteiger partial charge in [-0.1, -0.05) is 38.5 Å². The van der Waals surface area contributed by atoms with Gasteiger partial charge in [0, 0.05) is 38.4 Å². The monoisotopic (exact) mass is 1330 g/mol. The molecule has 0 unspecified atom stereocenters. The van der Waals surface area contributed by atoms with Crippen molar-refractivity contribution in [1.82, 2.24) is 20.4 Å². The molecular formula is C40H62N4O34S6-6. The van der Waals surface area contributed by atoms with Crippen LogP contribution >= 0.6 is 0 Å². The van der Waals surface area contributed by atoms with Crippen LogP contribution in [-0.4, -0.2) is 251 Å². The lowest BCUT2D eigenvalue weighted by Gasteiger charge is -2.45. The van der Waals surface area contributed by atoms with Gasteiger partial charge >= 0.3 is 0 Å². The maximum Gasteiger partial charge on any atom is 0.249 e. The van der Waals surface area contributed by atoms with Crippen molar-refractivity contribution in [1.29, 1.82) is 0 Å². The Labute approximate surface area is 484 Å². The average Bonchev–Trinajstić information content (AvgIpc) is 1.34. The molecule has 44 heteroatoms. The molecular weight excluding hydrogens is 1270 g/mol. The summed E-state index contributed by atoms with van der Waals surface area (Å²) in [6.45, 7) is -5.44. The normalized spacial score (nSPS) is 29.1. The minimum atomic E-state index is -5.99. The molecule has 5 fully saturated rings. The highest BCUT2D eigenvalue weighted by Crippen LogP contribution is 2.34. The molecule has 4 amide bonds. The average molecular weight is 1340 g/mol. The lowest BCUT2D eigenvalue weighted by atomic mass is 9.88. The predicted octanol–water partition coefficient (Wildman–Crippen LogP) is -5.30. The van der Waals surface area contributed by atoms with Crippen LogP contribution in [0.1, 0.15) is 89.9 Å². The second-order valence-corrected chi connectivity index (χ2v) is 25.8. The van der Waals surface area contributed by atoms with Crippen LogP contribution in [0.25, 0.3) is 0 Å². The number of ether oxygens (including phenoxy) is 6. The molecule has 0 aromatic carbocycles. The third-order valence-corrected chi connectivity index (χ3v) is 16.5. The molecule has 0 spiro atoms. The van der Waals surface area contributed by atoms with Crippen LogP contribution in [0.4, 0.5) is 0 Å². The predicted molar refractivity (Wildman–Crippen MR) is 260 cm³/mol. The molecule has 2 heterocycles. The van der Waals surface area contributed by atoms with Gasteiger partial charge < -0.3 is 76.2 Å². The smallest absolute Gasteiger partial charge is 0.249 e. The Bertz CT molecular complexity index is 2720. The molecule has 2 saturated heterocycles. The van der Waals surface area contributed by atoms with Gasteiger partial charge in [0.2, 0.25) is 86.0 Å². The van der Waals surface area contributed by atoms with Crippen molar-refractivity contribution in [2.75, 3.05) is 53.7 Å². The van der Waals surface area contributed by atoms with Crippen molar-refractivity contribution in [2.45, 2.75) is 175 Å². The van der Waals surface area contributed by atoms with E-state index in [0.29, 0.717) is 25.7 Å². The third-order valence-electron chi connectivity index (χ3n) is 13.8. The summed E-state index contributed by atoms with van der Waals surface area (Å²) >= 11 is 0. The van der Waals surface area contributed by atoms with Crippen molar-refractivity contribution in [3.63, 3.8) is 0 Å². The third kappa shape index (κ3) is 24.1. The van der Waals surface area contributed by atoms with Gasteiger partial charge in [-0.3, -0.25) is 44.3 Å². The minimum absolute atomic E-state index is 0.0173. The van der Waals surface area contributed by atoms with Gasteiger partial charge in [0.25, 0.3) is 0 Å². The van der Waals surface area contributed by atoms with Gasteiger partial charge in [-0.2, -0.15) is 0 Å². The van der Waals surface area contributed by atoms with Gasteiger partial charge in [-0.25, -0.2) is 50.5 Å². The summed E-state index contributed by atoms with van der Waals surface area (Å²) in [6, 6.07) is -2.25. The fraction of sp³-hybridized carbons (Fsp3) is 0.900. The highest BCUT2D eigenvalue weighted by molar-refractivity contribution is 7.82. The molecule has 0 bridgehead atoms. The lowest BCUT2D eigenvalue weighted by Crippen LogP contribution is -2.63. The van der Waals surface area contributed by atoms with Crippen molar-refractivity contribution in [2.24, 2.45) is 0 Å². The number of amides is 4. The molecule has 5 aliphatic rings. The standard InChI is InChI=1S/C40H68N4O34S6/c1-67-39-37(77-83(61,62)63)35(75-81(55,56)57)33(73-79(49,50)51)27(71-39)19-69-21-31(47)43(17-29(45)41-23-9-5-3-6-10-23)25-13-15-26(16-14-25)44(18-30(46)42-24-11-7-4-8-12-24)32(48)22-70-20-28-34(74-80(52,53)54)36(76-82(58,59)60)38(40(68-2)72-28)78-84(64,65)66/h23-28,33-40H,3-22H2,1-2H3,(H,41,45)(H,42,46)(H,49,50,51)(H,52,53,54)(H,55,56,57)(H,58,59,60)(H,61,62,63)(H,64,65,66)/p-6/t25?,26?,27-,28-,33+,34+,35-,36-,37+,38+,39-,40-/m0/s1. The van der Waals surface area contributed by atoms with Gasteiger partial charge in [0.1, 0.15) is 49.8 Å². The second kappa shape index (κ2) is 30.9. The fourth-order valence-corrected chi connectivity index (χ4v) is 13.4. The van der Waals surface area contributed by atoms with E-state index in [1.54, 1.807) is 0 Å². The van der Waals surface area contributed by atoms with Crippen LogP contribution in [-0.2, 0) is 135 Å². The van der Waals surface area contributed by atoms with E-state index in [9.17, 15) is 97.0 Å². The SMILES string of the molecule is CO[C@H]1O[C@@H](COCC(=O)N(CC(=O)NC2CCCCC2)C2CCC(N(CC(=O)NC3CCCCC3)C(=O)COC[C@@H]3O[C@H](OC)[C@H](OS(=O)(=O)[O-])[C@@H](OS(=O)(=O)[O-])[C@@H]3OS(=O)(=O)[O-])CC2)[C@@H](OS(=O)(=O)[O-])[C@H](OS(=O)(=O)[O-])[C@H]1OS(=O)(=O)[O-]. The molecule has 3 aliphatic carbocycles. The number of rotatable bonds is 30. The van der Waals surface area contributed by atoms with E-state index < -0.39 is 199 Å². The first-order valence-electron chi connectivity index (χ1n) is 25.5. The summed E-state index contributed by atoms with van der Waals surface area (Å²) in [7, 11) is -34.0. The van der Waals surface area contributed by atoms with E-state index in [0.717, 1.165) is 62.5 Å². The molecule has 0 aromatic heterocycles. The number of nitrogens with zero attached hydrogens (tertiary/aromatic N) is 2. The summed E-state index contributed by atoms with van der Waals surface area (Å²) in [5.74, 6) is -3.15. The molecule has 2 N–H and O–H groups in total. The summed E-state index contributed by atoms with van der Waals surface area (Å²) in [4.78, 5) is 57.9. The zero-order valence-corrected chi connectivity index (χ0v) is 49.3. The number of nitrogens with one attached hydrogen (secondary N) is 2. The van der Waals surface area contributed by atoms with E-state index in [1.807, 2.05) is 0 Å². The molecule has 84 heavy (non-hydrogen) atoms. The zero-order valence-electron chi connectivity index (χ0n) is 44.4. The number of methoxy groups -OCH3 is 2. The topological polar surface area (TPSA) is 553 Å². The van der Waals surface area contributed by atoms with E-state index in [-0.39, 0.29) is 37.8 Å². The Morgan fingerprint density at radius 1 is 0.417 bits per heavy atom. The Morgan fingerprint density at radius 3 is 0.964 bits per heavy atom. The van der Waals surface area contributed by atoms with Gasteiger partial charge in [-0.15, -0.1) is 0 Å². The van der Waals surface area contributed by atoms with Crippen molar-refractivity contribution in [3.05, 3.63) is 0 Å². The minimum Gasteiger partial charge on any atom is -0.726 e. The molecule has 0 radical (unpaired) electrons. The van der Waals surface area contributed by atoms with Crippen LogP contribution in [0.2, 0.25) is 0 Å². The van der Waals surface area contributed by atoms with E-state index >= 15 is 0 Å². The molecule has 10 atom stereocenters. The maximum atomic E-state index is 14.2. The highest BCUT2D eigenvalue weighted by Gasteiger charge is 2.54. The second-order valence-electron chi connectivity index (χ2n) is 19.7. The summed E-state index contributed by atoms with van der Waals surface area (Å²) < 4.78 is 268. The summed E-state index contributed by atoms with van der Waals surface area (Å²) in [5.41, 5.74) is 0. The molecule has 2 aliphatic heterocycles. The van der Waals surface area contributed by atoms with Gasteiger partial charge in [0.05, 0.1) is 26.3 Å². The molecule has 5 rings (SSSR count). The number of carbonyl (C=O) groups is 4. The van der Waals surface area contributed by atoms with Gasteiger partial charge in [0.15, 0.2) is 24.8 Å². The van der Waals surface area contributed by atoms with Crippen LogP contribution in [0.5, 0.6) is 0 Å². The van der Waals surface area contributed by atoms with Crippen molar-refractivity contribution in [3.8, 4) is 0 Å². The zero-order chi connectivity index (χ0) is 62.6. The Morgan fingerprint density at radius 2 is 0.690 bits per heavy atom. The van der Waals surface area contributed by atoms with Crippen molar-refractivity contribution >= 4 is 86.0 Å². The number of carbonyl (C=O) groups excluding carboxylic acids is 4. The molecule has 488 valence electrons.